The van der Waals surface area contributed by atoms with Crippen molar-refractivity contribution in [2.45, 2.75) is 39.5 Å². The molecule has 0 saturated heterocycles. The Bertz CT molecular complexity index is 228. The summed E-state index contributed by atoms with van der Waals surface area (Å²) in [5, 5.41) is 0. The van der Waals surface area contributed by atoms with Crippen LogP contribution in [0, 0.1) is 6.07 Å². The fourth-order valence-electron chi connectivity index (χ4n) is 1.20. The normalized spacial score (nSPS) is 10.3. The maximum atomic E-state index is 3.26. The summed E-state index contributed by atoms with van der Waals surface area (Å²) in [5.41, 5.74) is 2.73. The second-order valence-electron chi connectivity index (χ2n) is 3.89. The first-order valence-electron chi connectivity index (χ1n) is 4.62. The van der Waals surface area contributed by atoms with Crippen LogP contribution in [0.2, 0.25) is 0 Å². The summed E-state index contributed by atoms with van der Waals surface area (Å²) in [5.74, 6) is 1.21. The van der Waals surface area contributed by atoms with E-state index in [0.29, 0.717) is 11.8 Å². The Hall–Kier alpha value is 0.856. The Labute approximate surface area is 125 Å². The van der Waals surface area contributed by atoms with Gasteiger partial charge in [0.05, 0.1) is 0 Å². The van der Waals surface area contributed by atoms with E-state index in [9.17, 15) is 0 Å². The quantitative estimate of drug-likeness (QED) is 0.488. The molecule has 0 N–H and O–H groups in total. The molecule has 0 nitrogen and oxygen atoms in total. The molecule has 0 fully saturated rings. The molecule has 0 spiro atoms. The second kappa shape index (κ2) is 6.36. The van der Waals surface area contributed by atoms with Gasteiger partial charge in [0.25, 0.3) is 0 Å². The zero-order valence-corrected chi connectivity index (χ0v) is 12.5. The average molecular weight is 200 g/mol. The van der Waals surface area contributed by atoms with Crippen molar-refractivity contribution in [3.8, 4) is 0 Å². The first kappa shape index (κ1) is 13.9. The molecule has 0 unspecified atom stereocenters. The monoisotopic (exact) mass is 200 g/mol. The summed E-state index contributed by atoms with van der Waals surface area (Å²) < 4.78 is 0. The molecule has 1 aromatic rings. The van der Waals surface area contributed by atoms with Crippen LogP contribution >= 0.6 is 0 Å². The van der Waals surface area contributed by atoms with E-state index in [4.69, 9.17) is 0 Å². The van der Waals surface area contributed by atoms with Gasteiger partial charge in [0.15, 0.2) is 0 Å². The van der Waals surface area contributed by atoms with Crippen molar-refractivity contribution in [3.63, 3.8) is 0 Å². The molecule has 13 heavy (non-hydrogen) atoms. The summed E-state index contributed by atoms with van der Waals surface area (Å²) in [4.78, 5) is 0. The summed E-state index contributed by atoms with van der Waals surface area (Å²) in [6.07, 6.45) is 0. The van der Waals surface area contributed by atoms with Crippen LogP contribution in [0.5, 0.6) is 0 Å². The Morgan fingerprint density at radius 2 is 1.69 bits per heavy atom. The van der Waals surface area contributed by atoms with Crippen LogP contribution in [0.15, 0.2) is 18.2 Å². The first-order valence-corrected chi connectivity index (χ1v) is 4.62. The molecule has 1 aromatic carbocycles. The van der Waals surface area contributed by atoms with Gasteiger partial charge in [-0.05, 0) is 11.8 Å². The predicted octanol–water partition coefficient (Wildman–Crippen LogP) is 0.738. The number of rotatable bonds is 2. The summed E-state index contributed by atoms with van der Waals surface area (Å²) in [7, 11) is 0. The van der Waals surface area contributed by atoms with Gasteiger partial charge in [-0.1, -0.05) is 27.7 Å². The van der Waals surface area contributed by atoms with Gasteiger partial charge in [0, 0.05) is 0 Å². The molecule has 1 heteroatoms. The third-order valence-corrected chi connectivity index (χ3v) is 2.14. The third-order valence-electron chi connectivity index (χ3n) is 2.14. The van der Waals surface area contributed by atoms with Gasteiger partial charge >= 0.3 is 51.4 Å². The maximum absolute atomic E-state index is 3.26. The molecule has 0 aliphatic rings. The van der Waals surface area contributed by atoms with Crippen LogP contribution in [0.3, 0.4) is 0 Å². The van der Waals surface area contributed by atoms with Crippen LogP contribution in [0.4, 0.5) is 0 Å². The van der Waals surface area contributed by atoms with Gasteiger partial charge in [-0.25, -0.2) is 0 Å². The molecular weight excluding hydrogens is 183 g/mol. The van der Waals surface area contributed by atoms with E-state index in [2.05, 4.69) is 45.9 Å². The molecule has 0 aliphatic carbocycles. The van der Waals surface area contributed by atoms with E-state index in [1.807, 2.05) is 6.07 Å². The molecule has 0 saturated carbocycles. The molecule has 0 aromatic heterocycles. The molecule has 1 rings (SSSR count). The van der Waals surface area contributed by atoms with Gasteiger partial charge < -0.3 is 0 Å². The molecule has 66 valence electrons. The number of hydrogen-bond donors (Lipinski definition) is 0. The predicted molar refractivity (Wildman–Crippen MR) is 53.5 cm³/mol. The van der Waals surface area contributed by atoms with E-state index in [1.165, 1.54) is 11.1 Å². The molecule has 0 atom stereocenters. The standard InChI is InChI=1S/C12H17.K/c1-9(2)11-6-5-7-12(8-11)10(3)4;/h5-6,8-10H,1-4H3;/q-1;+1. The van der Waals surface area contributed by atoms with E-state index < -0.39 is 0 Å². The van der Waals surface area contributed by atoms with Crippen molar-refractivity contribution >= 4 is 0 Å². The topological polar surface area (TPSA) is 0 Å². The Morgan fingerprint density at radius 3 is 2.15 bits per heavy atom. The minimum atomic E-state index is 0. The van der Waals surface area contributed by atoms with E-state index in [-0.39, 0.29) is 51.4 Å². The summed E-state index contributed by atoms with van der Waals surface area (Å²) in [6.45, 7) is 8.85. The molecule has 0 heterocycles. The van der Waals surface area contributed by atoms with E-state index >= 15 is 0 Å². The Kier molecular flexibility index (Phi) is 6.78. The Morgan fingerprint density at radius 1 is 1.08 bits per heavy atom. The van der Waals surface area contributed by atoms with Crippen molar-refractivity contribution in [1.29, 1.82) is 0 Å². The largest absolute Gasteiger partial charge is 1.00 e. The fraction of sp³-hybridized carbons (Fsp3) is 0.500. The van der Waals surface area contributed by atoms with Crippen molar-refractivity contribution in [2.75, 3.05) is 0 Å². The molecular formula is C12H17K. The average Bonchev–Trinajstić information content (AvgIpc) is 2.04. The summed E-state index contributed by atoms with van der Waals surface area (Å²) in [6, 6.07) is 9.70. The minimum Gasteiger partial charge on any atom is -0.180 e. The van der Waals surface area contributed by atoms with Crippen LogP contribution in [-0.4, -0.2) is 0 Å². The number of hydrogen-bond acceptors (Lipinski definition) is 0. The smallest absolute Gasteiger partial charge is 0.180 e. The Balaban J connectivity index is 0.00000144. The maximum Gasteiger partial charge on any atom is 1.00 e. The van der Waals surface area contributed by atoms with Crippen LogP contribution in [0.25, 0.3) is 0 Å². The minimum absolute atomic E-state index is 0. The van der Waals surface area contributed by atoms with E-state index in [0.717, 1.165) is 0 Å². The molecule has 0 radical (unpaired) electrons. The van der Waals surface area contributed by atoms with Gasteiger partial charge in [-0.3, -0.25) is 0 Å². The van der Waals surface area contributed by atoms with Crippen molar-refractivity contribution < 1.29 is 51.4 Å². The third kappa shape index (κ3) is 4.26. The molecule has 0 bridgehead atoms. The van der Waals surface area contributed by atoms with Gasteiger partial charge in [0.1, 0.15) is 0 Å². The van der Waals surface area contributed by atoms with Crippen molar-refractivity contribution in [3.05, 3.63) is 35.4 Å². The summed E-state index contributed by atoms with van der Waals surface area (Å²) >= 11 is 0. The number of benzene rings is 1. The van der Waals surface area contributed by atoms with Gasteiger partial charge in [-0.15, -0.1) is 0 Å². The second-order valence-corrected chi connectivity index (χ2v) is 3.89. The van der Waals surface area contributed by atoms with Gasteiger partial charge in [-0.2, -0.15) is 35.4 Å². The zero-order valence-electron chi connectivity index (χ0n) is 9.39. The first-order chi connectivity index (χ1) is 5.61. The van der Waals surface area contributed by atoms with Crippen molar-refractivity contribution in [2.24, 2.45) is 0 Å². The van der Waals surface area contributed by atoms with Crippen LogP contribution in [0.1, 0.15) is 50.7 Å². The molecule has 0 aliphatic heterocycles. The van der Waals surface area contributed by atoms with Crippen molar-refractivity contribution in [1.82, 2.24) is 0 Å². The fourth-order valence-corrected chi connectivity index (χ4v) is 1.20. The SMILES string of the molecule is CC(C)c1[c-]ccc(C(C)C)c1.[K+]. The van der Waals surface area contributed by atoms with E-state index in [1.54, 1.807) is 0 Å². The van der Waals surface area contributed by atoms with Gasteiger partial charge in [0.2, 0.25) is 0 Å². The van der Waals surface area contributed by atoms with Crippen LogP contribution < -0.4 is 51.4 Å². The zero-order chi connectivity index (χ0) is 9.14. The van der Waals surface area contributed by atoms with Crippen LogP contribution in [-0.2, 0) is 0 Å². The molecule has 0 amide bonds.